The van der Waals surface area contributed by atoms with Crippen LogP contribution in [-0.2, 0) is 23.5 Å². The lowest BCUT2D eigenvalue weighted by Crippen LogP contribution is -2.60. The Morgan fingerprint density at radius 3 is 2.50 bits per heavy atom. The molecule has 1 aliphatic heterocycles. The summed E-state index contributed by atoms with van der Waals surface area (Å²) in [5.41, 5.74) is 5.89. The minimum absolute atomic E-state index is 0.0169. The van der Waals surface area contributed by atoms with E-state index in [1.54, 1.807) is 26.0 Å². The van der Waals surface area contributed by atoms with Gasteiger partial charge in [-0.05, 0) is 18.6 Å². The molecule has 0 saturated carbocycles. The molecule has 0 spiro atoms. The molecule has 168 valence electrons. The van der Waals surface area contributed by atoms with Gasteiger partial charge in [0.1, 0.15) is 31.0 Å². The maximum atomic E-state index is 12.4. The van der Waals surface area contributed by atoms with Crippen molar-refractivity contribution in [3.05, 3.63) is 29.8 Å². The van der Waals surface area contributed by atoms with Gasteiger partial charge >= 0.3 is 20.5 Å². The molecule has 2 rings (SSSR count). The number of para-hydroxylation sites is 1. The van der Waals surface area contributed by atoms with Crippen LogP contribution >= 0.6 is 8.60 Å². The van der Waals surface area contributed by atoms with Gasteiger partial charge in [0.15, 0.2) is 0 Å². The summed E-state index contributed by atoms with van der Waals surface area (Å²) in [5.74, 6) is -1.84. The Kier molecular flexibility index (Phi) is 8.92. The van der Waals surface area contributed by atoms with Crippen molar-refractivity contribution in [1.82, 2.24) is 0 Å². The number of anilines is 1. The topological polar surface area (TPSA) is 178 Å². The summed E-state index contributed by atoms with van der Waals surface area (Å²) in [6.45, 7) is 3.02. The Bertz CT molecular complexity index is 733. The van der Waals surface area contributed by atoms with Crippen LogP contribution in [0.5, 0.6) is 0 Å². The quantitative estimate of drug-likeness (QED) is 0.207. The highest BCUT2D eigenvalue weighted by Crippen LogP contribution is 2.35. The lowest BCUT2D eigenvalue weighted by molar-refractivity contribution is -0.282. The fourth-order valence-corrected chi connectivity index (χ4v) is 3.16. The van der Waals surface area contributed by atoms with Crippen LogP contribution in [0.4, 0.5) is 5.69 Å². The van der Waals surface area contributed by atoms with Gasteiger partial charge in [-0.15, -0.1) is 0 Å². The molecule has 30 heavy (non-hydrogen) atoms. The lowest BCUT2D eigenvalue weighted by atomic mass is 9.99. The molecule has 0 aromatic heterocycles. The predicted octanol–water partition coefficient (Wildman–Crippen LogP) is 0.0583. The molecular weight excluding hydrogens is 421 g/mol. The molecule has 1 heterocycles. The maximum absolute atomic E-state index is 12.4. The van der Waals surface area contributed by atoms with Gasteiger partial charge < -0.3 is 44.5 Å². The van der Waals surface area contributed by atoms with Crippen LogP contribution in [0.3, 0.4) is 0 Å². The van der Waals surface area contributed by atoms with Crippen molar-refractivity contribution < 1.29 is 48.3 Å². The van der Waals surface area contributed by atoms with Crippen molar-refractivity contribution in [1.29, 1.82) is 0 Å². The van der Waals surface area contributed by atoms with Crippen molar-refractivity contribution in [2.45, 2.75) is 51.0 Å². The molecule has 1 saturated heterocycles. The van der Waals surface area contributed by atoms with Crippen LogP contribution in [0.25, 0.3) is 0 Å². The predicted molar refractivity (Wildman–Crippen MR) is 104 cm³/mol. The van der Waals surface area contributed by atoms with E-state index < -0.39 is 57.9 Å². The number of aliphatic hydroxyl groups is 2. The molecule has 0 amide bonds. The number of rotatable bonds is 8. The van der Waals surface area contributed by atoms with Crippen LogP contribution in [0, 0.1) is 5.92 Å². The molecule has 1 fully saturated rings. The van der Waals surface area contributed by atoms with E-state index in [9.17, 15) is 19.8 Å². The van der Waals surface area contributed by atoms with E-state index in [0.29, 0.717) is 6.42 Å². The van der Waals surface area contributed by atoms with Crippen molar-refractivity contribution in [3.8, 4) is 0 Å². The first-order chi connectivity index (χ1) is 14.1. The van der Waals surface area contributed by atoms with Crippen LogP contribution in [0.1, 0.15) is 30.6 Å². The summed E-state index contributed by atoms with van der Waals surface area (Å²) in [7, 11) is -2.96. The number of carbonyl (C=O) groups is 2. The zero-order valence-electron chi connectivity index (χ0n) is 16.5. The average Bonchev–Trinajstić information content (AvgIpc) is 2.71. The Morgan fingerprint density at radius 2 is 1.90 bits per heavy atom. The van der Waals surface area contributed by atoms with Crippen molar-refractivity contribution >= 4 is 26.2 Å². The maximum Gasteiger partial charge on any atom is 0.342 e. The van der Waals surface area contributed by atoms with Gasteiger partial charge in [0.05, 0.1) is 11.5 Å². The molecule has 0 radical (unpaired) electrons. The van der Waals surface area contributed by atoms with Crippen LogP contribution in [0.2, 0.25) is 0 Å². The number of benzene rings is 1. The van der Waals surface area contributed by atoms with E-state index >= 15 is 0 Å². The first kappa shape index (κ1) is 24.4. The molecular formula is C18H26NO10P. The molecule has 11 nitrogen and oxygen atoms in total. The summed E-state index contributed by atoms with van der Waals surface area (Å²) >= 11 is 0. The lowest BCUT2D eigenvalue weighted by Gasteiger charge is -2.41. The highest BCUT2D eigenvalue weighted by molar-refractivity contribution is 7.39. The highest BCUT2D eigenvalue weighted by Gasteiger charge is 2.48. The largest absolute Gasteiger partial charge is 0.463 e. The van der Waals surface area contributed by atoms with Crippen molar-refractivity contribution in [2.24, 2.45) is 5.92 Å². The molecule has 1 aromatic rings. The molecule has 6 N–H and O–H groups in total. The van der Waals surface area contributed by atoms with E-state index in [2.05, 4.69) is 0 Å². The number of esters is 2. The fraction of sp³-hybridized carbons (Fsp3) is 0.556. The summed E-state index contributed by atoms with van der Waals surface area (Å²) < 4.78 is 20.5. The van der Waals surface area contributed by atoms with Gasteiger partial charge in [0, 0.05) is 5.69 Å². The first-order valence-electron chi connectivity index (χ1n) is 9.24. The number of nitrogens with two attached hydrogens (primary N) is 1. The molecule has 6 unspecified atom stereocenters. The average molecular weight is 447 g/mol. The van der Waals surface area contributed by atoms with E-state index in [0.717, 1.165) is 0 Å². The van der Waals surface area contributed by atoms with E-state index in [1.165, 1.54) is 12.1 Å². The summed E-state index contributed by atoms with van der Waals surface area (Å²) in [6, 6.07) is 6.06. The van der Waals surface area contributed by atoms with Crippen LogP contribution in [0.15, 0.2) is 24.3 Å². The summed E-state index contributed by atoms with van der Waals surface area (Å²) in [6.07, 6.45) is -7.35. The molecule has 1 aliphatic rings. The number of hydrogen-bond acceptors (Lipinski definition) is 11. The van der Waals surface area contributed by atoms with E-state index in [4.69, 9.17) is 34.3 Å². The second kappa shape index (κ2) is 11.0. The Labute approximate surface area is 174 Å². The number of ether oxygens (including phenoxy) is 3. The Balaban J connectivity index is 2.16. The molecule has 12 heteroatoms. The van der Waals surface area contributed by atoms with Gasteiger partial charge in [-0.1, -0.05) is 26.0 Å². The normalized spacial score (nSPS) is 27.5. The number of aliphatic hydroxyl groups excluding tert-OH is 2. The second-order valence-corrected chi connectivity index (χ2v) is 7.50. The van der Waals surface area contributed by atoms with E-state index in [1.807, 2.05) is 0 Å². The molecule has 0 bridgehead atoms. The van der Waals surface area contributed by atoms with Crippen LogP contribution < -0.4 is 5.73 Å². The number of hydrogen-bond donors (Lipinski definition) is 5. The van der Waals surface area contributed by atoms with Crippen LogP contribution in [-0.4, -0.2) is 69.3 Å². The van der Waals surface area contributed by atoms with Gasteiger partial charge in [0.2, 0.25) is 6.29 Å². The standard InChI is InChI=1S/C18H26NO10P/c1-3-9(2)16(22)26-8-12-13(20)15(29-30(24)25)14(21)18(27-12)28-17(23)10-6-4-5-7-11(10)19/h4-7,9,12-15,18,20-21,24-25H,3,8,19H2,1-2H3. The SMILES string of the molecule is CCC(C)C(=O)OCC1OC(OC(=O)c2ccccc2N)C(O)C(OP(O)O)C1O. The zero-order valence-corrected chi connectivity index (χ0v) is 17.3. The highest BCUT2D eigenvalue weighted by atomic mass is 31.2. The Hall–Kier alpha value is -1.85. The zero-order chi connectivity index (χ0) is 22.4. The van der Waals surface area contributed by atoms with Gasteiger partial charge in [-0.25, -0.2) is 4.79 Å². The first-order valence-corrected chi connectivity index (χ1v) is 10.4. The minimum Gasteiger partial charge on any atom is -0.463 e. The third-order valence-corrected chi connectivity index (χ3v) is 5.10. The summed E-state index contributed by atoms with van der Waals surface area (Å²) in [4.78, 5) is 42.6. The van der Waals surface area contributed by atoms with Gasteiger partial charge in [-0.2, -0.15) is 0 Å². The molecule has 0 aliphatic carbocycles. The summed E-state index contributed by atoms with van der Waals surface area (Å²) in [5, 5.41) is 20.8. The molecule has 6 atom stereocenters. The third-order valence-electron chi connectivity index (χ3n) is 4.67. The second-order valence-electron chi connectivity index (χ2n) is 6.78. The fourth-order valence-electron chi connectivity index (χ4n) is 2.70. The monoisotopic (exact) mass is 447 g/mol. The van der Waals surface area contributed by atoms with Gasteiger partial charge in [-0.3, -0.25) is 4.79 Å². The number of nitrogen functional groups attached to an aromatic ring is 1. The smallest absolute Gasteiger partial charge is 0.342 e. The molecule has 1 aromatic carbocycles. The third kappa shape index (κ3) is 6.08. The van der Waals surface area contributed by atoms with Crippen molar-refractivity contribution in [3.63, 3.8) is 0 Å². The minimum atomic E-state index is -2.96. The van der Waals surface area contributed by atoms with Gasteiger partial charge in [0.25, 0.3) is 0 Å². The van der Waals surface area contributed by atoms with E-state index in [-0.39, 0.29) is 17.2 Å². The number of carbonyl (C=O) groups excluding carboxylic acids is 2. The van der Waals surface area contributed by atoms with Crippen molar-refractivity contribution in [2.75, 3.05) is 12.3 Å². The Morgan fingerprint density at radius 1 is 1.23 bits per heavy atom.